The zero-order chi connectivity index (χ0) is 23.8. The predicted octanol–water partition coefficient (Wildman–Crippen LogP) is 6.32. The van der Waals surface area contributed by atoms with Crippen LogP contribution >= 0.6 is 23.2 Å². The molecule has 0 amide bonds. The Hall–Kier alpha value is -2.81. The Labute approximate surface area is 197 Å². The third-order valence-electron chi connectivity index (χ3n) is 4.99. The van der Waals surface area contributed by atoms with Crippen molar-refractivity contribution in [1.29, 1.82) is 0 Å². The number of nitrogens with zero attached hydrogens (tertiary/aromatic N) is 2. The van der Waals surface area contributed by atoms with E-state index >= 15 is 0 Å². The Morgan fingerprint density at radius 3 is 2.30 bits per heavy atom. The lowest BCUT2D eigenvalue weighted by atomic mass is 10.1. The predicted molar refractivity (Wildman–Crippen MR) is 119 cm³/mol. The van der Waals surface area contributed by atoms with Crippen molar-refractivity contribution in [3.05, 3.63) is 99.8 Å². The molecule has 0 saturated heterocycles. The van der Waals surface area contributed by atoms with Crippen molar-refractivity contribution >= 4 is 29.0 Å². The van der Waals surface area contributed by atoms with Crippen LogP contribution in [-0.4, -0.2) is 17.9 Å². The van der Waals surface area contributed by atoms with Crippen LogP contribution < -0.4 is 10.2 Å². The number of benzene rings is 3. The van der Waals surface area contributed by atoms with Crippen LogP contribution in [0.4, 0.5) is 17.6 Å². The van der Waals surface area contributed by atoms with Gasteiger partial charge in [0, 0.05) is 12.6 Å². The number of aliphatic imine (C=N–C) groups is 1. The van der Waals surface area contributed by atoms with Crippen molar-refractivity contribution in [2.24, 2.45) is 4.99 Å². The summed E-state index contributed by atoms with van der Waals surface area (Å²) >= 11 is 12.7. The van der Waals surface area contributed by atoms with E-state index in [9.17, 15) is 17.6 Å². The molecular formula is C23H17Cl2F4N3O. The number of hydrogen-bond donors (Lipinski definition) is 1. The highest BCUT2D eigenvalue weighted by molar-refractivity contribution is 6.33. The summed E-state index contributed by atoms with van der Waals surface area (Å²) in [5, 5.41) is 0.0980. The molecule has 0 radical (unpaired) electrons. The molecule has 1 aliphatic rings. The van der Waals surface area contributed by atoms with Gasteiger partial charge < -0.3 is 4.74 Å². The van der Waals surface area contributed by atoms with E-state index in [4.69, 9.17) is 27.9 Å². The number of halogens is 6. The number of alkyl halides is 4. The molecule has 0 aliphatic carbocycles. The highest BCUT2D eigenvalue weighted by Gasteiger charge is 2.41. The van der Waals surface area contributed by atoms with Gasteiger partial charge in [0.05, 0.1) is 16.1 Å². The zero-order valence-electron chi connectivity index (χ0n) is 17.1. The van der Waals surface area contributed by atoms with Gasteiger partial charge in [0.15, 0.2) is 0 Å². The fourth-order valence-corrected chi connectivity index (χ4v) is 4.11. The summed E-state index contributed by atoms with van der Waals surface area (Å²) in [7, 11) is 1.69. The second kappa shape index (κ2) is 8.85. The molecule has 0 saturated carbocycles. The van der Waals surface area contributed by atoms with E-state index in [0.717, 1.165) is 12.1 Å². The molecule has 0 bridgehead atoms. The summed E-state index contributed by atoms with van der Waals surface area (Å²) in [6.45, 7) is 0.108. The minimum absolute atomic E-state index is 0.0201. The molecular weight excluding hydrogens is 481 g/mol. The Bertz CT molecular complexity index is 1160. The molecule has 4 nitrogen and oxygen atoms in total. The highest BCUT2D eigenvalue weighted by atomic mass is 35.5. The molecule has 1 atom stereocenters. The summed E-state index contributed by atoms with van der Waals surface area (Å²) in [5.74, 6) is 0.385. The van der Waals surface area contributed by atoms with Crippen LogP contribution in [0.2, 0.25) is 5.02 Å². The molecule has 1 aliphatic heterocycles. The number of nitrogens with one attached hydrogen (secondary N) is 1. The van der Waals surface area contributed by atoms with Gasteiger partial charge in [-0.2, -0.15) is 18.6 Å². The smallest absolute Gasteiger partial charge is 0.416 e. The number of ether oxygens (including phenoxy) is 1. The normalized spacial score (nSPS) is 18.4. The first kappa shape index (κ1) is 23.4. The van der Waals surface area contributed by atoms with Gasteiger partial charge in [-0.15, -0.1) is 0 Å². The maximum Gasteiger partial charge on any atom is 0.416 e. The Kier molecular flexibility index (Phi) is 6.26. The Balaban J connectivity index is 1.48. The highest BCUT2D eigenvalue weighted by Crippen LogP contribution is 2.39. The minimum Gasteiger partial charge on any atom is -0.489 e. The first-order valence-corrected chi connectivity index (χ1v) is 10.5. The SMILES string of the molecule is CN1NC(Cl)(c2c(F)cccc2Cl)N=C1c1ccc(OCc2ccc(C(F)(F)F)cc2)cc1. The summed E-state index contributed by atoms with van der Waals surface area (Å²) in [6, 6.07) is 15.9. The van der Waals surface area contributed by atoms with E-state index in [1.165, 1.54) is 30.3 Å². The van der Waals surface area contributed by atoms with E-state index in [-0.39, 0.29) is 17.2 Å². The Morgan fingerprint density at radius 1 is 1.03 bits per heavy atom. The quantitative estimate of drug-likeness (QED) is 0.254. The van der Waals surface area contributed by atoms with Crippen LogP contribution in [0.1, 0.15) is 22.3 Å². The number of hydrogen-bond acceptors (Lipinski definition) is 4. The van der Waals surface area contributed by atoms with Gasteiger partial charge in [-0.05, 0) is 54.1 Å². The van der Waals surface area contributed by atoms with Gasteiger partial charge >= 0.3 is 6.18 Å². The van der Waals surface area contributed by atoms with Crippen LogP contribution in [-0.2, 0) is 17.9 Å². The first-order chi connectivity index (χ1) is 15.6. The fourth-order valence-electron chi connectivity index (χ4n) is 3.36. The molecule has 33 heavy (non-hydrogen) atoms. The lowest BCUT2D eigenvalue weighted by Gasteiger charge is -2.23. The van der Waals surface area contributed by atoms with Gasteiger partial charge in [-0.3, -0.25) is 5.01 Å². The van der Waals surface area contributed by atoms with Gasteiger partial charge in [-0.1, -0.05) is 41.4 Å². The monoisotopic (exact) mass is 497 g/mol. The lowest BCUT2D eigenvalue weighted by Crippen LogP contribution is -2.42. The van der Waals surface area contributed by atoms with Crippen molar-refractivity contribution in [3.63, 3.8) is 0 Å². The average molecular weight is 498 g/mol. The zero-order valence-corrected chi connectivity index (χ0v) is 18.6. The third kappa shape index (κ3) is 4.93. The lowest BCUT2D eigenvalue weighted by molar-refractivity contribution is -0.137. The molecule has 172 valence electrons. The van der Waals surface area contributed by atoms with Crippen molar-refractivity contribution in [1.82, 2.24) is 10.4 Å². The van der Waals surface area contributed by atoms with Gasteiger partial charge in [0.2, 0.25) is 5.12 Å². The number of rotatable bonds is 5. The molecule has 3 aromatic carbocycles. The maximum atomic E-state index is 14.4. The Morgan fingerprint density at radius 2 is 1.70 bits per heavy atom. The van der Waals surface area contributed by atoms with Crippen molar-refractivity contribution in [2.75, 3.05) is 7.05 Å². The molecule has 0 aromatic heterocycles. The van der Waals surface area contributed by atoms with Crippen LogP contribution in [0.3, 0.4) is 0 Å². The molecule has 3 aromatic rings. The van der Waals surface area contributed by atoms with Crippen LogP contribution in [0.25, 0.3) is 0 Å². The standard InChI is InChI=1S/C23H17Cl2F4N3O/c1-32-21(30-22(25,31-32)20-18(24)3-2-4-19(20)26)15-7-11-17(12-8-15)33-13-14-5-9-16(10-6-14)23(27,28)29/h2-12,31H,13H2,1H3. The largest absolute Gasteiger partial charge is 0.489 e. The summed E-state index contributed by atoms with van der Waals surface area (Å²) in [6.07, 6.45) is -4.38. The van der Waals surface area contributed by atoms with Gasteiger partial charge in [0.25, 0.3) is 0 Å². The van der Waals surface area contributed by atoms with Crippen LogP contribution in [0.5, 0.6) is 5.75 Å². The fraction of sp³-hybridized carbons (Fsp3) is 0.174. The van der Waals surface area contributed by atoms with E-state index < -0.39 is 22.7 Å². The number of hydrazine groups is 1. The van der Waals surface area contributed by atoms with Crippen LogP contribution in [0, 0.1) is 5.82 Å². The molecule has 0 spiro atoms. The first-order valence-electron chi connectivity index (χ1n) is 9.71. The molecule has 1 unspecified atom stereocenters. The molecule has 0 fully saturated rings. The molecule has 1 heterocycles. The van der Waals surface area contributed by atoms with Crippen molar-refractivity contribution < 1.29 is 22.3 Å². The topological polar surface area (TPSA) is 36.9 Å². The van der Waals surface area contributed by atoms with Crippen molar-refractivity contribution in [2.45, 2.75) is 17.9 Å². The summed E-state index contributed by atoms with van der Waals surface area (Å²) in [4.78, 5) is 4.45. The minimum atomic E-state index is -4.38. The number of amidine groups is 1. The third-order valence-corrected chi connectivity index (χ3v) is 5.66. The van der Waals surface area contributed by atoms with E-state index in [1.54, 1.807) is 36.3 Å². The van der Waals surface area contributed by atoms with Gasteiger partial charge in [0.1, 0.15) is 24.0 Å². The average Bonchev–Trinajstić information content (AvgIpc) is 3.07. The molecule has 1 N–H and O–H groups in total. The second-order valence-electron chi connectivity index (χ2n) is 7.33. The van der Waals surface area contributed by atoms with Crippen molar-refractivity contribution in [3.8, 4) is 5.75 Å². The molecule has 10 heteroatoms. The van der Waals surface area contributed by atoms with E-state index in [2.05, 4.69) is 10.4 Å². The second-order valence-corrected chi connectivity index (χ2v) is 8.29. The summed E-state index contributed by atoms with van der Waals surface area (Å²) in [5.41, 5.74) is 3.51. The van der Waals surface area contributed by atoms with Crippen LogP contribution in [0.15, 0.2) is 71.7 Å². The van der Waals surface area contributed by atoms with E-state index in [1.807, 2.05) is 0 Å². The molecule has 4 rings (SSSR count). The summed E-state index contributed by atoms with van der Waals surface area (Å²) < 4.78 is 58.1. The maximum absolute atomic E-state index is 14.4. The van der Waals surface area contributed by atoms with E-state index in [0.29, 0.717) is 22.7 Å². The van der Waals surface area contributed by atoms with Gasteiger partial charge in [-0.25, -0.2) is 9.38 Å².